The predicted octanol–water partition coefficient (Wildman–Crippen LogP) is 3.24. The first-order chi connectivity index (χ1) is 12.6. The molecule has 1 aliphatic carbocycles. The van der Waals surface area contributed by atoms with Crippen molar-refractivity contribution in [1.82, 2.24) is 9.97 Å². The Kier molecular flexibility index (Phi) is 4.54. The van der Waals surface area contributed by atoms with E-state index in [1.807, 2.05) is 0 Å². The monoisotopic (exact) mass is 374 g/mol. The van der Waals surface area contributed by atoms with Gasteiger partial charge in [0.15, 0.2) is 5.82 Å². The molecule has 0 saturated heterocycles. The summed E-state index contributed by atoms with van der Waals surface area (Å²) in [4.78, 5) is 24.9. The third-order valence-electron chi connectivity index (χ3n) is 4.90. The van der Waals surface area contributed by atoms with Crippen LogP contribution in [0.25, 0.3) is 0 Å². The number of amides is 2. The molecule has 0 N–H and O–H groups in total. The van der Waals surface area contributed by atoms with Crippen molar-refractivity contribution in [2.24, 2.45) is 0 Å². The Labute approximate surface area is 154 Å². The smallest absolute Gasteiger partial charge is 0.344 e. The molecule has 2 amide bonds. The summed E-state index contributed by atoms with van der Waals surface area (Å²) in [5, 5.41) is 0.207. The molecule has 2 aromatic rings. The molecule has 2 heterocycles. The van der Waals surface area contributed by atoms with Crippen molar-refractivity contribution in [3.8, 4) is 0 Å². The lowest BCUT2D eigenvalue weighted by molar-refractivity contribution is 0.247. The van der Waals surface area contributed by atoms with E-state index in [0.29, 0.717) is 5.82 Å². The molecule has 1 fully saturated rings. The molecule has 1 atom stereocenters. The average molecular weight is 374 g/mol. The molecule has 0 radical (unpaired) electrons. The fraction of sp³-hybridized carbons (Fsp3) is 0.389. The van der Waals surface area contributed by atoms with Crippen LogP contribution < -0.4 is 9.80 Å². The Morgan fingerprint density at radius 3 is 2.69 bits per heavy atom. The van der Waals surface area contributed by atoms with Crippen molar-refractivity contribution in [1.29, 1.82) is 0 Å². The summed E-state index contributed by atoms with van der Waals surface area (Å²) in [5.41, 5.74) is 0.975. The topological polar surface area (TPSA) is 72.4 Å². The van der Waals surface area contributed by atoms with Gasteiger partial charge in [-0.2, -0.15) is 9.97 Å². The molecule has 0 spiro atoms. The molecule has 1 aromatic carbocycles. The van der Waals surface area contributed by atoms with Crippen molar-refractivity contribution < 1.29 is 13.7 Å². The highest BCUT2D eigenvalue weighted by Gasteiger charge is 2.39. The Morgan fingerprint density at radius 1 is 1.27 bits per heavy atom. The number of carbonyl (C=O) groups excluding carboxylic acids is 1. The third-order valence-corrected chi connectivity index (χ3v) is 5.61. The van der Waals surface area contributed by atoms with Crippen LogP contribution in [0.15, 0.2) is 35.6 Å². The van der Waals surface area contributed by atoms with Gasteiger partial charge in [-0.15, -0.1) is 0 Å². The van der Waals surface area contributed by atoms with Crippen molar-refractivity contribution in [3.63, 3.8) is 0 Å². The second-order valence-corrected chi connectivity index (χ2v) is 7.86. The maximum Gasteiger partial charge on any atom is 0.344 e. The molecule has 26 heavy (non-hydrogen) atoms. The zero-order valence-corrected chi connectivity index (χ0v) is 15.2. The maximum atomic E-state index is 14.3. The predicted molar refractivity (Wildman–Crippen MR) is 97.1 cm³/mol. The molecule has 6 nitrogen and oxygen atoms in total. The minimum Gasteiger partial charge on any atom is -0.609 e. The van der Waals surface area contributed by atoms with E-state index in [-0.39, 0.29) is 29.5 Å². The van der Waals surface area contributed by atoms with Gasteiger partial charge >= 0.3 is 11.2 Å². The minimum atomic E-state index is -1.34. The number of rotatable bonds is 3. The number of fused-ring (bicyclic) bond motifs is 1. The number of hydrogen-bond acceptors (Lipinski definition) is 4. The molecule has 1 aliphatic heterocycles. The SMILES string of the molecule is C[S+]([O-])c1ncc2c(n1)N(C1CCCC1)C(=O)N(c1ccccc1F)C2. The van der Waals surface area contributed by atoms with Crippen LogP contribution in [0.1, 0.15) is 31.2 Å². The fourth-order valence-electron chi connectivity index (χ4n) is 3.65. The Bertz CT molecular complexity index is 842. The quantitative estimate of drug-likeness (QED) is 0.611. The summed E-state index contributed by atoms with van der Waals surface area (Å²) in [5.74, 6) is 0.0672. The van der Waals surface area contributed by atoms with Gasteiger partial charge < -0.3 is 4.55 Å². The van der Waals surface area contributed by atoms with E-state index in [9.17, 15) is 13.7 Å². The Balaban J connectivity index is 1.81. The number of carbonyl (C=O) groups is 1. The van der Waals surface area contributed by atoms with Crippen molar-refractivity contribution in [2.75, 3.05) is 16.1 Å². The number of para-hydroxylation sites is 1. The molecule has 4 rings (SSSR count). The average Bonchev–Trinajstić information content (AvgIpc) is 3.15. The summed E-state index contributed by atoms with van der Waals surface area (Å²) >= 11 is -1.34. The molecular formula is C18H19FN4O2S. The highest BCUT2D eigenvalue weighted by molar-refractivity contribution is 7.90. The van der Waals surface area contributed by atoms with Gasteiger partial charge in [0.1, 0.15) is 12.1 Å². The van der Waals surface area contributed by atoms with Crippen LogP contribution >= 0.6 is 0 Å². The lowest BCUT2D eigenvalue weighted by atomic mass is 10.1. The Morgan fingerprint density at radius 2 is 2.00 bits per heavy atom. The van der Waals surface area contributed by atoms with Gasteiger partial charge in [-0.25, -0.2) is 9.18 Å². The molecule has 2 aliphatic rings. The van der Waals surface area contributed by atoms with E-state index in [4.69, 9.17) is 0 Å². The zero-order valence-electron chi connectivity index (χ0n) is 14.4. The Hall–Kier alpha value is -2.19. The summed E-state index contributed by atoms with van der Waals surface area (Å²) < 4.78 is 26.1. The van der Waals surface area contributed by atoms with Gasteiger partial charge in [0.25, 0.3) is 0 Å². The molecule has 136 valence electrons. The van der Waals surface area contributed by atoms with Crippen molar-refractivity contribution in [2.45, 2.75) is 43.4 Å². The molecule has 0 bridgehead atoms. The van der Waals surface area contributed by atoms with Gasteiger partial charge in [0.2, 0.25) is 0 Å². The van der Waals surface area contributed by atoms with E-state index in [1.165, 1.54) is 17.2 Å². The normalized spacial score (nSPS) is 19.0. The van der Waals surface area contributed by atoms with Gasteiger partial charge in [-0.05, 0) is 25.0 Å². The van der Waals surface area contributed by atoms with Crippen LogP contribution in [0.2, 0.25) is 0 Å². The number of hydrogen-bond donors (Lipinski definition) is 0. The van der Waals surface area contributed by atoms with E-state index < -0.39 is 17.0 Å². The third kappa shape index (κ3) is 2.93. The van der Waals surface area contributed by atoms with Crippen molar-refractivity contribution >= 4 is 28.7 Å². The van der Waals surface area contributed by atoms with E-state index in [1.54, 1.807) is 29.3 Å². The summed E-state index contributed by atoms with van der Waals surface area (Å²) in [6.45, 7) is 0.189. The van der Waals surface area contributed by atoms with Gasteiger partial charge in [-0.3, -0.25) is 9.80 Å². The van der Waals surface area contributed by atoms with Gasteiger partial charge in [0, 0.05) is 29.0 Å². The molecule has 1 aromatic heterocycles. The lowest BCUT2D eigenvalue weighted by Gasteiger charge is -2.39. The van der Waals surface area contributed by atoms with Crippen LogP contribution in [0.3, 0.4) is 0 Å². The second kappa shape index (κ2) is 6.85. The number of anilines is 2. The molecule has 8 heteroatoms. The van der Waals surface area contributed by atoms with E-state index in [2.05, 4.69) is 9.97 Å². The highest BCUT2D eigenvalue weighted by atomic mass is 32.2. The number of aromatic nitrogens is 2. The number of halogens is 1. The summed E-state index contributed by atoms with van der Waals surface area (Å²) in [7, 11) is 0. The minimum absolute atomic E-state index is 0.0175. The van der Waals surface area contributed by atoms with E-state index >= 15 is 0 Å². The molecular weight excluding hydrogens is 355 g/mol. The molecule has 1 unspecified atom stereocenters. The van der Waals surface area contributed by atoms with Crippen LogP contribution in [-0.4, -0.2) is 32.8 Å². The van der Waals surface area contributed by atoms with Gasteiger partial charge in [-0.1, -0.05) is 25.0 Å². The largest absolute Gasteiger partial charge is 0.609 e. The lowest BCUT2D eigenvalue weighted by Crippen LogP contribution is -2.52. The van der Waals surface area contributed by atoms with Crippen molar-refractivity contribution in [3.05, 3.63) is 41.8 Å². The summed E-state index contributed by atoms with van der Waals surface area (Å²) in [6.07, 6.45) is 6.96. The maximum absolute atomic E-state index is 14.3. The second-order valence-electron chi connectivity index (χ2n) is 6.58. The van der Waals surface area contributed by atoms with E-state index in [0.717, 1.165) is 31.2 Å². The highest BCUT2D eigenvalue weighted by Crippen LogP contribution is 2.36. The van der Waals surface area contributed by atoms with Crippen LogP contribution in [0, 0.1) is 5.82 Å². The fourth-order valence-corrected chi connectivity index (χ4v) is 4.07. The summed E-state index contributed by atoms with van der Waals surface area (Å²) in [6, 6.07) is 5.98. The number of urea groups is 1. The van der Waals surface area contributed by atoms with Crippen LogP contribution in [0.5, 0.6) is 0 Å². The zero-order chi connectivity index (χ0) is 18.3. The first kappa shape index (κ1) is 17.2. The molecule has 1 saturated carbocycles. The van der Waals surface area contributed by atoms with Gasteiger partial charge in [0.05, 0.1) is 12.2 Å². The standard InChI is InChI=1S/C18H19FN4O2S/c1-26(25)17-20-10-12-11-22(15-9-5-4-8-14(15)19)18(24)23(16(12)21-17)13-6-2-3-7-13/h4-5,8-10,13H,2-3,6-7,11H2,1H3. The van der Waals surface area contributed by atoms with Crippen LogP contribution in [0.4, 0.5) is 20.7 Å². The first-order valence-electron chi connectivity index (χ1n) is 8.61. The number of benzene rings is 1. The van der Waals surface area contributed by atoms with Crippen LogP contribution in [-0.2, 0) is 17.7 Å². The first-order valence-corrected chi connectivity index (χ1v) is 10.2. The number of nitrogens with zero attached hydrogens (tertiary/aromatic N) is 4.